The Bertz CT molecular complexity index is 278. The van der Waals surface area contributed by atoms with Crippen molar-refractivity contribution >= 4 is 12.3 Å². The van der Waals surface area contributed by atoms with E-state index in [0.29, 0.717) is 6.41 Å². The Morgan fingerprint density at radius 2 is 2.25 bits per heavy atom. The highest BCUT2D eigenvalue weighted by Crippen LogP contribution is 2.20. The molecule has 2 amide bonds. The Kier molecular flexibility index (Phi) is 4.98. The molecule has 16 heavy (non-hydrogen) atoms. The summed E-state index contributed by atoms with van der Waals surface area (Å²) < 4.78 is 5.71. The maximum Gasteiger partial charge on any atom is 0.251 e. The standard InChI is InChI=1S/C11H18N2O3/c1-9-4-3-5-11(16-9)13(2)7-6-10(15)12-8-14/h6-9,11H,3-5H2,1-2H3,(H,12,14,15)/b7-6-. The fraction of sp³-hybridized carbons (Fsp3) is 0.636. The molecular weight excluding hydrogens is 208 g/mol. The van der Waals surface area contributed by atoms with Crippen molar-refractivity contribution < 1.29 is 14.3 Å². The predicted octanol–water partition coefficient (Wildman–Crippen LogP) is 0.620. The van der Waals surface area contributed by atoms with Crippen molar-refractivity contribution in [3.05, 3.63) is 12.3 Å². The third-order valence-corrected chi connectivity index (χ3v) is 2.57. The van der Waals surface area contributed by atoms with Gasteiger partial charge in [-0.15, -0.1) is 0 Å². The van der Waals surface area contributed by atoms with E-state index >= 15 is 0 Å². The van der Waals surface area contributed by atoms with Gasteiger partial charge in [0, 0.05) is 19.3 Å². The summed E-state index contributed by atoms with van der Waals surface area (Å²) in [6.07, 6.45) is 6.76. The van der Waals surface area contributed by atoms with Gasteiger partial charge in [0.15, 0.2) is 0 Å². The van der Waals surface area contributed by atoms with Gasteiger partial charge in [-0.3, -0.25) is 14.9 Å². The zero-order valence-electron chi connectivity index (χ0n) is 9.68. The molecule has 1 fully saturated rings. The average molecular weight is 226 g/mol. The van der Waals surface area contributed by atoms with Crippen LogP contribution in [0.1, 0.15) is 26.2 Å². The molecule has 0 aromatic carbocycles. The summed E-state index contributed by atoms with van der Waals surface area (Å²) in [4.78, 5) is 22.8. The zero-order valence-corrected chi connectivity index (χ0v) is 9.68. The maximum absolute atomic E-state index is 11.0. The highest BCUT2D eigenvalue weighted by Gasteiger charge is 2.20. The number of carbonyl (C=O) groups excluding carboxylic acids is 2. The van der Waals surface area contributed by atoms with Gasteiger partial charge in [-0.1, -0.05) is 0 Å². The first-order valence-corrected chi connectivity index (χ1v) is 5.43. The smallest absolute Gasteiger partial charge is 0.251 e. The Labute approximate surface area is 95.4 Å². The van der Waals surface area contributed by atoms with Gasteiger partial charge < -0.3 is 9.64 Å². The lowest BCUT2D eigenvalue weighted by Crippen LogP contribution is -2.36. The van der Waals surface area contributed by atoms with E-state index in [0.717, 1.165) is 19.3 Å². The van der Waals surface area contributed by atoms with Gasteiger partial charge >= 0.3 is 0 Å². The van der Waals surface area contributed by atoms with E-state index in [4.69, 9.17) is 4.74 Å². The van der Waals surface area contributed by atoms with Gasteiger partial charge in [0.05, 0.1) is 6.10 Å². The van der Waals surface area contributed by atoms with E-state index in [-0.39, 0.29) is 12.3 Å². The van der Waals surface area contributed by atoms with Gasteiger partial charge in [-0.25, -0.2) is 0 Å². The average Bonchev–Trinajstić information content (AvgIpc) is 2.26. The van der Waals surface area contributed by atoms with Crippen molar-refractivity contribution in [2.45, 2.75) is 38.5 Å². The molecule has 0 saturated carbocycles. The first kappa shape index (κ1) is 12.7. The molecule has 0 spiro atoms. The third-order valence-electron chi connectivity index (χ3n) is 2.57. The minimum atomic E-state index is -0.425. The number of rotatable bonds is 4. The Hall–Kier alpha value is -1.36. The summed E-state index contributed by atoms with van der Waals surface area (Å²) in [5.41, 5.74) is 0. The molecule has 1 heterocycles. The van der Waals surface area contributed by atoms with Gasteiger partial charge in [0.1, 0.15) is 6.23 Å². The number of hydrogen-bond acceptors (Lipinski definition) is 4. The molecule has 1 aliphatic heterocycles. The van der Waals surface area contributed by atoms with Crippen LogP contribution in [0, 0.1) is 0 Å². The van der Waals surface area contributed by atoms with Crippen LogP contribution in [0.3, 0.4) is 0 Å². The van der Waals surface area contributed by atoms with E-state index in [9.17, 15) is 9.59 Å². The zero-order chi connectivity index (χ0) is 12.0. The molecule has 0 aliphatic carbocycles. The van der Waals surface area contributed by atoms with Crippen LogP contribution in [0.25, 0.3) is 0 Å². The van der Waals surface area contributed by atoms with Crippen molar-refractivity contribution in [2.24, 2.45) is 0 Å². The van der Waals surface area contributed by atoms with Crippen LogP contribution in [-0.4, -0.2) is 36.6 Å². The summed E-state index contributed by atoms with van der Waals surface area (Å²) in [5.74, 6) is -0.425. The molecule has 2 atom stereocenters. The summed E-state index contributed by atoms with van der Waals surface area (Å²) in [6.45, 7) is 2.04. The predicted molar refractivity (Wildman–Crippen MR) is 59.3 cm³/mol. The van der Waals surface area contributed by atoms with Crippen molar-refractivity contribution in [3.8, 4) is 0 Å². The van der Waals surface area contributed by atoms with Gasteiger partial charge in [-0.05, 0) is 26.2 Å². The van der Waals surface area contributed by atoms with Gasteiger partial charge in [0.2, 0.25) is 6.41 Å². The molecule has 5 heteroatoms. The molecule has 1 rings (SSSR count). The summed E-state index contributed by atoms with van der Waals surface area (Å²) >= 11 is 0. The molecule has 0 aromatic heterocycles. The molecule has 0 bridgehead atoms. The monoisotopic (exact) mass is 226 g/mol. The van der Waals surface area contributed by atoms with E-state index in [2.05, 4.69) is 0 Å². The first-order valence-electron chi connectivity index (χ1n) is 5.43. The first-order chi connectivity index (χ1) is 7.63. The number of nitrogens with one attached hydrogen (secondary N) is 1. The van der Waals surface area contributed by atoms with Crippen LogP contribution in [0.15, 0.2) is 12.3 Å². The summed E-state index contributed by atoms with van der Waals surface area (Å²) in [7, 11) is 1.85. The maximum atomic E-state index is 11.0. The highest BCUT2D eigenvalue weighted by atomic mass is 16.5. The lowest BCUT2D eigenvalue weighted by atomic mass is 10.1. The topological polar surface area (TPSA) is 58.6 Å². The fourth-order valence-corrected chi connectivity index (χ4v) is 1.67. The molecule has 1 saturated heterocycles. The number of hydrogen-bond donors (Lipinski definition) is 1. The Balaban J connectivity index is 2.41. The normalized spacial score (nSPS) is 25.4. The lowest BCUT2D eigenvalue weighted by molar-refractivity contribution is -0.121. The van der Waals surface area contributed by atoms with Crippen LogP contribution < -0.4 is 5.32 Å². The fourth-order valence-electron chi connectivity index (χ4n) is 1.67. The number of amides is 2. The van der Waals surface area contributed by atoms with E-state index in [1.165, 1.54) is 6.08 Å². The van der Waals surface area contributed by atoms with E-state index in [1.807, 2.05) is 24.2 Å². The van der Waals surface area contributed by atoms with Crippen molar-refractivity contribution in [1.82, 2.24) is 10.2 Å². The highest BCUT2D eigenvalue weighted by molar-refractivity contribution is 5.94. The number of ether oxygens (including phenoxy) is 1. The van der Waals surface area contributed by atoms with Crippen molar-refractivity contribution in [2.75, 3.05) is 7.05 Å². The van der Waals surface area contributed by atoms with Crippen LogP contribution >= 0.6 is 0 Å². The SMILES string of the molecule is CC1CCCC(N(C)/C=C\C(=O)NC=O)O1. The molecule has 90 valence electrons. The second-order valence-corrected chi connectivity index (χ2v) is 3.94. The number of imide groups is 1. The molecular formula is C11H18N2O3. The molecule has 1 N–H and O–H groups in total. The molecule has 1 aliphatic rings. The minimum absolute atomic E-state index is 0.0176. The molecule has 5 nitrogen and oxygen atoms in total. The largest absolute Gasteiger partial charge is 0.355 e. The molecule has 0 aromatic rings. The lowest BCUT2D eigenvalue weighted by Gasteiger charge is -2.33. The summed E-state index contributed by atoms with van der Waals surface area (Å²) in [5, 5.41) is 2.04. The second kappa shape index (κ2) is 6.27. The summed E-state index contributed by atoms with van der Waals surface area (Å²) in [6, 6.07) is 0. The van der Waals surface area contributed by atoms with Gasteiger partial charge in [-0.2, -0.15) is 0 Å². The molecule has 2 unspecified atom stereocenters. The van der Waals surface area contributed by atoms with Crippen LogP contribution in [0.4, 0.5) is 0 Å². The third kappa shape index (κ3) is 4.02. The second-order valence-electron chi connectivity index (χ2n) is 3.94. The van der Waals surface area contributed by atoms with E-state index < -0.39 is 5.91 Å². The molecule has 0 radical (unpaired) electrons. The number of carbonyl (C=O) groups is 2. The quantitative estimate of drug-likeness (QED) is 0.564. The van der Waals surface area contributed by atoms with Crippen molar-refractivity contribution in [1.29, 1.82) is 0 Å². The van der Waals surface area contributed by atoms with Crippen molar-refractivity contribution in [3.63, 3.8) is 0 Å². The Morgan fingerprint density at radius 3 is 2.88 bits per heavy atom. The van der Waals surface area contributed by atoms with Crippen LogP contribution in [0.2, 0.25) is 0 Å². The van der Waals surface area contributed by atoms with Crippen LogP contribution in [-0.2, 0) is 14.3 Å². The van der Waals surface area contributed by atoms with Gasteiger partial charge in [0.25, 0.3) is 5.91 Å². The Morgan fingerprint density at radius 1 is 1.50 bits per heavy atom. The van der Waals surface area contributed by atoms with E-state index in [1.54, 1.807) is 6.20 Å². The minimum Gasteiger partial charge on any atom is -0.355 e. The van der Waals surface area contributed by atoms with Crippen LogP contribution in [0.5, 0.6) is 0 Å². The number of nitrogens with zero attached hydrogens (tertiary/aromatic N) is 1.